The van der Waals surface area contributed by atoms with Gasteiger partial charge in [-0.05, 0) is 19.4 Å². The van der Waals surface area contributed by atoms with E-state index in [1.807, 2.05) is 19.9 Å². The van der Waals surface area contributed by atoms with E-state index in [0.717, 1.165) is 24.2 Å². The summed E-state index contributed by atoms with van der Waals surface area (Å²) in [6.45, 7) is 5.86. The van der Waals surface area contributed by atoms with E-state index < -0.39 is 5.97 Å². The zero-order valence-electron chi connectivity index (χ0n) is 10.0. The monoisotopic (exact) mass is 222 g/mol. The van der Waals surface area contributed by atoms with Gasteiger partial charge < -0.3 is 5.11 Å². The van der Waals surface area contributed by atoms with E-state index >= 15 is 0 Å². The van der Waals surface area contributed by atoms with Gasteiger partial charge in [-0.2, -0.15) is 0 Å². The average molecular weight is 222 g/mol. The van der Waals surface area contributed by atoms with Crippen molar-refractivity contribution in [1.82, 2.24) is 9.97 Å². The lowest BCUT2D eigenvalue weighted by Crippen LogP contribution is -2.09. The third kappa shape index (κ3) is 3.61. The lowest BCUT2D eigenvalue weighted by atomic mass is 10.1. The Labute approximate surface area is 95.7 Å². The quantitative estimate of drug-likeness (QED) is 0.830. The van der Waals surface area contributed by atoms with Gasteiger partial charge in [-0.25, -0.2) is 9.97 Å². The molecule has 0 spiro atoms. The summed E-state index contributed by atoms with van der Waals surface area (Å²) in [5.74, 6) is -0.298. The second kappa shape index (κ2) is 5.58. The third-order valence-corrected chi connectivity index (χ3v) is 2.35. The molecular weight excluding hydrogens is 204 g/mol. The zero-order chi connectivity index (χ0) is 12.1. The second-order valence-electron chi connectivity index (χ2n) is 4.11. The van der Waals surface area contributed by atoms with E-state index in [2.05, 4.69) is 16.9 Å². The highest BCUT2D eigenvalue weighted by Gasteiger charge is 2.14. The van der Waals surface area contributed by atoms with E-state index in [0.29, 0.717) is 5.82 Å². The highest BCUT2D eigenvalue weighted by atomic mass is 16.4. The predicted octanol–water partition coefficient (Wildman–Crippen LogP) is 2.32. The minimum Gasteiger partial charge on any atom is -0.481 e. The van der Waals surface area contributed by atoms with E-state index in [9.17, 15) is 4.79 Å². The SMILES string of the molecule is CCCc1cc(C)nc(C(C)CC(=O)O)n1. The van der Waals surface area contributed by atoms with Crippen LogP contribution in [0.15, 0.2) is 6.07 Å². The van der Waals surface area contributed by atoms with Crippen LogP contribution in [0.4, 0.5) is 0 Å². The Balaban J connectivity index is 2.90. The summed E-state index contributed by atoms with van der Waals surface area (Å²) in [5, 5.41) is 8.73. The zero-order valence-corrected chi connectivity index (χ0v) is 10.0. The molecule has 1 rings (SSSR count). The average Bonchev–Trinajstić information content (AvgIpc) is 2.16. The van der Waals surface area contributed by atoms with Crippen LogP contribution < -0.4 is 0 Å². The Hall–Kier alpha value is -1.45. The van der Waals surface area contributed by atoms with Crippen LogP contribution in [-0.2, 0) is 11.2 Å². The number of carboxylic acids is 1. The molecule has 1 heterocycles. The Morgan fingerprint density at radius 2 is 2.19 bits per heavy atom. The fraction of sp³-hybridized carbons (Fsp3) is 0.583. The van der Waals surface area contributed by atoms with Gasteiger partial charge in [-0.1, -0.05) is 20.3 Å². The summed E-state index contributed by atoms with van der Waals surface area (Å²) < 4.78 is 0. The minimum atomic E-state index is -0.811. The van der Waals surface area contributed by atoms with Gasteiger partial charge in [0, 0.05) is 17.3 Å². The van der Waals surface area contributed by atoms with Crippen LogP contribution in [0.3, 0.4) is 0 Å². The lowest BCUT2D eigenvalue weighted by Gasteiger charge is -2.10. The standard InChI is InChI=1S/C12H18N2O2/c1-4-5-10-7-9(3)13-12(14-10)8(2)6-11(15)16/h7-8H,4-6H2,1-3H3,(H,15,16). The summed E-state index contributed by atoms with van der Waals surface area (Å²) in [6.07, 6.45) is 2.02. The topological polar surface area (TPSA) is 63.1 Å². The van der Waals surface area contributed by atoms with Gasteiger partial charge >= 0.3 is 5.97 Å². The van der Waals surface area contributed by atoms with Crippen LogP contribution in [0.5, 0.6) is 0 Å². The van der Waals surface area contributed by atoms with Gasteiger partial charge in [0.2, 0.25) is 0 Å². The Morgan fingerprint density at radius 3 is 2.75 bits per heavy atom. The van der Waals surface area contributed by atoms with Crippen molar-refractivity contribution >= 4 is 5.97 Å². The van der Waals surface area contributed by atoms with Crippen molar-refractivity contribution in [2.24, 2.45) is 0 Å². The number of nitrogens with zero attached hydrogens (tertiary/aromatic N) is 2. The number of aliphatic carboxylic acids is 1. The summed E-state index contributed by atoms with van der Waals surface area (Å²) in [6, 6.07) is 1.96. The van der Waals surface area contributed by atoms with Gasteiger partial charge in [-0.3, -0.25) is 4.79 Å². The molecule has 1 unspecified atom stereocenters. The summed E-state index contributed by atoms with van der Waals surface area (Å²) in [5.41, 5.74) is 1.91. The van der Waals surface area contributed by atoms with Crippen molar-refractivity contribution in [3.63, 3.8) is 0 Å². The molecule has 0 bridgehead atoms. The number of aryl methyl sites for hydroxylation is 2. The van der Waals surface area contributed by atoms with Crippen LogP contribution in [0.1, 0.15) is 49.8 Å². The molecule has 0 aromatic carbocycles. The molecule has 0 aliphatic heterocycles. The second-order valence-corrected chi connectivity index (χ2v) is 4.11. The van der Waals surface area contributed by atoms with Gasteiger partial charge in [-0.15, -0.1) is 0 Å². The van der Waals surface area contributed by atoms with Crippen LogP contribution in [0.25, 0.3) is 0 Å². The number of rotatable bonds is 5. The first kappa shape index (κ1) is 12.6. The summed E-state index contributed by atoms with van der Waals surface area (Å²) in [4.78, 5) is 19.3. The highest BCUT2D eigenvalue weighted by molar-refractivity contribution is 5.67. The lowest BCUT2D eigenvalue weighted by molar-refractivity contribution is -0.137. The Morgan fingerprint density at radius 1 is 1.50 bits per heavy atom. The van der Waals surface area contributed by atoms with E-state index in [1.54, 1.807) is 0 Å². The molecule has 4 heteroatoms. The first-order valence-electron chi connectivity index (χ1n) is 5.59. The predicted molar refractivity (Wildman–Crippen MR) is 61.4 cm³/mol. The molecule has 88 valence electrons. The molecule has 1 N–H and O–H groups in total. The number of carbonyl (C=O) groups is 1. The number of aromatic nitrogens is 2. The first-order valence-corrected chi connectivity index (χ1v) is 5.59. The molecule has 0 saturated carbocycles. The molecule has 1 atom stereocenters. The maximum atomic E-state index is 10.6. The molecule has 16 heavy (non-hydrogen) atoms. The molecular formula is C12H18N2O2. The van der Waals surface area contributed by atoms with Crippen LogP contribution in [0, 0.1) is 6.92 Å². The molecule has 1 aromatic rings. The maximum absolute atomic E-state index is 10.6. The van der Waals surface area contributed by atoms with E-state index in [-0.39, 0.29) is 12.3 Å². The Bertz CT molecular complexity index is 377. The van der Waals surface area contributed by atoms with Gasteiger partial charge in [0.25, 0.3) is 0 Å². The molecule has 0 aliphatic carbocycles. The smallest absolute Gasteiger partial charge is 0.304 e. The van der Waals surface area contributed by atoms with Crippen molar-refractivity contribution in [3.05, 3.63) is 23.3 Å². The molecule has 0 amide bonds. The third-order valence-electron chi connectivity index (χ3n) is 2.35. The fourth-order valence-corrected chi connectivity index (χ4v) is 1.62. The van der Waals surface area contributed by atoms with Crippen LogP contribution in [0.2, 0.25) is 0 Å². The van der Waals surface area contributed by atoms with Crippen LogP contribution >= 0.6 is 0 Å². The van der Waals surface area contributed by atoms with Crippen molar-refractivity contribution in [2.75, 3.05) is 0 Å². The van der Waals surface area contributed by atoms with Gasteiger partial charge in [0.05, 0.1) is 6.42 Å². The van der Waals surface area contributed by atoms with E-state index in [1.165, 1.54) is 0 Å². The van der Waals surface area contributed by atoms with Gasteiger partial charge in [0.15, 0.2) is 0 Å². The maximum Gasteiger partial charge on any atom is 0.304 e. The fourth-order valence-electron chi connectivity index (χ4n) is 1.62. The largest absolute Gasteiger partial charge is 0.481 e. The van der Waals surface area contributed by atoms with Crippen molar-refractivity contribution in [3.8, 4) is 0 Å². The van der Waals surface area contributed by atoms with Gasteiger partial charge in [0.1, 0.15) is 5.82 Å². The molecule has 4 nitrogen and oxygen atoms in total. The first-order chi connectivity index (χ1) is 7.52. The number of hydrogen-bond acceptors (Lipinski definition) is 3. The van der Waals surface area contributed by atoms with Crippen molar-refractivity contribution < 1.29 is 9.90 Å². The normalized spacial score (nSPS) is 12.4. The highest BCUT2D eigenvalue weighted by Crippen LogP contribution is 2.16. The number of carboxylic acid groups (broad SMARTS) is 1. The Kier molecular flexibility index (Phi) is 4.40. The molecule has 1 aromatic heterocycles. The molecule has 0 saturated heterocycles. The molecule has 0 radical (unpaired) electrons. The van der Waals surface area contributed by atoms with Crippen LogP contribution in [-0.4, -0.2) is 21.0 Å². The van der Waals surface area contributed by atoms with Crippen molar-refractivity contribution in [2.45, 2.75) is 46.0 Å². The van der Waals surface area contributed by atoms with Crippen molar-refractivity contribution in [1.29, 1.82) is 0 Å². The molecule has 0 fully saturated rings. The van der Waals surface area contributed by atoms with E-state index in [4.69, 9.17) is 5.11 Å². The summed E-state index contributed by atoms with van der Waals surface area (Å²) >= 11 is 0. The number of hydrogen-bond donors (Lipinski definition) is 1. The minimum absolute atomic E-state index is 0.0784. The molecule has 0 aliphatic rings. The summed E-state index contributed by atoms with van der Waals surface area (Å²) in [7, 11) is 0.